The molecule has 3 aromatic rings. The average molecular weight is 411 g/mol. The fourth-order valence-corrected chi connectivity index (χ4v) is 3.45. The van der Waals surface area contributed by atoms with Crippen LogP contribution in [0.15, 0.2) is 36.5 Å². The molecule has 0 bridgehead atoms. The van der Waals surface area contributed by atoms with E-state index in [2.05, 4.69) is 10.3 Å². The van der Waals surface area contributed by atoms with Gasteiger partial charge in [0.15, 0.2) is 0 Å². The molecule has 158 valence electrons. The molecule has 1 amide bonds. The number of benzene rings is 1. The Morgan fingerprint density at radius 3 is 2.60 bits per heavy atom. The molecule has 1 aromatic carbocycles. The molecule has 0 aliphatic heterocycles. The van der Waals surface area contributed by atoms with Crippen molar-refractivity contribution in [2.45, 2.75) is 46.6 Å². The van der Waals surface area contributed by atoms with Crippen LogP contribution in [-0.2, 0) is 16.0 Å². The minimum absolute atomic E-state index is 0.0450. The van der Waals surface area contributed by atoms with Crippen molar-refractivity contribution in [3.63, 3.8) is 0 Å². The van der Waals surface area contributed by atoms with Gasteiger partial charge in [0.05, 0.1) is 17.8 Å². The van der Waals surface area contributed by atoms with Gasteiger partial charge in [-0.15, -0.1) is 0 Å². The van der Waals surface area contributed by atoms with Crippen LogP contribution < -0.4 is 5.32 Å². The number of hydrogen-bond donors (Lipinski definition) is 2. The van der Waals surface area contributed by atoms with Gasteiger partial charge in [-0.25, -0.2) is 14.2 Å². The van der Waals surface area contributed by atoms with E-state index in [0.29, 0.717) is 34.6 Å². The summed E-state index contributed by atoms with van der Waals surface area (Å²) in [5.41, 5.74) is 4.05. The smallest absolute Gasteiger partial charge is 0.326 e. The number of fused-ring (bicyclic) bond motifs is 1. The molecule has 0 radical (unpaired) electrons. The van der Waals surface area contributed by atoms with Gasteiger partial charge in [0.25, 0.3) is 0 Å². The molecule has 0 saturated heterocycles. The summed E-state index contributed by atoms with van der Waals surface area (Å²) in [4.78, 5) is 29.0. The molecule has 2 unspecified atom stereocenters. The Bertz CT molecular complexity index is 1110. The quantitative estimate of drug-likeness (QED) is 0.617. The number of carboxylic acids is 1. The Morgan fingerprint density at radius 1 is 1.23 bits per heavy atom. The molecule has 6 nitrogen and oxygen atoms in total. The first-order chi connectivity index (χ1) is 14.2. The first-order valence-corrected chi connectivity index (χ1v) is 9.97. The molecule has 7 heteroatoms. The van der Waals surface area contributed by atoms with Gasteiger partial charge >= 0.3 is 5.97 Å². The molecule has 2 heterocycles. The van der Waals surface area contributed by atoms with Gasteiger partial charge in [-0.1, -0.05) is 26.3 Å². The molecule has 0 fully saturated rings. The Labute approximate surface area is 174 Å². The molecule has 2 atom stereocenters. The zero-order chi connectivity index (χ0) is 22.0. The number of nitrogens with zero attached hydrogens (tertiary/aromatic N) is 2. The van der Waals surface area contributed by atoms with Gasteiger partial charge in [0.1, 0.15) is 17.5 Å². The van der Waals surface area contributed by atoms with Gasteiger partial charge < -0.3 is 14.8 Å². The van der Waals surface area contributed by atoms with Gasteiger partial charge in [-0.05, 0) is 55.2 Å². The van der Waals surface area contributed by atoms with E-state index in [1.54, 1.807) is 26.0 Å². The molecular formula is C23H26FN3O3. The Balaban J connectivity index is 2.03. The second-order valence-corrected chi connectivity index (χ2v) is 7.75. The third-order valence-electron chi connectivity index (χ3n) is 5.42. The summed E-state index contributed by atoms with van der Waals surface area (Å²) in [6.45, 7) is 7.29. The molecular weight excluding hydrogens is 385 g/mol. The van der Waals surface area contributed by atoms with Crippen molar-refractivity contribution in [3.8, 4) is 11.3 Å². The zero-order valence-corrected chi connectivity index (χ0v) is 17.6. The lowest BCUT2D eigenvalue weighted by atomic mass is 9.99. The minimum Gasteiger partial charge on any atom is -0.480 e. The van der Waals surface area contributed by atoms with Crippen LogP contribution >= 0.6 is 0 Å². The van der Waals surface area contributed by atoms with Crippen molar-refractivity contribution in [2.75, 3.05) is 0 Å². The number of nitrogens with one attached hydrogen (secondary N) is 1. The molecule has 0 aliphatic carbocycles. The van der Waals surface area contributed by atoms with Gasteiger partial charge in [0.2, 0.25) is 5.91 Å². The number of aliphatic carboxylic acids is 1. The van der Waals surface area contributed by atoms with Crippen LogP contribution in [0.3, 0.4) is 0 Å². The van der Waals surface area contributed by atoms with E-state index in [9.17, 15) is 19.1 Å². The third-order valence-corrected chi connectivity index (χ3v) is 5.42. The number of carbonyl (C=O) groups excluding carboxylic acids is 1. The summed E-state index contributed by atoms with van der Waals surface area (Å²) in [5.74, 6) is -1.96. The maximum absolute atomic E-state index is 13.8. The van der Waals surface area contributed by atoms with Crippen molar-refractivity contribution in [1.82, 2.24) is 14.7 Å². The minimum atomic E-state index is -1.05. The summed E-state index contributed by atoms with van der Waals surface area (Å²) in [6, 6.07) is 7.54. The maximum Gasteiger partial charge on any atom is 0.326 e. The predicted octanol–water partition coefficient (Wildman–Crippen LogP) is 3.92. The maximum atomic E-state index is 13.8. The highest BCUT2D eigenvalue weighted by Crippen LogP contribution is 2.27. The fraction of sp³-hybridized carbons (Fsp3) is 0.348. The van der Waals surface area contributed by atoms with Gasteiger partial charge in [-0.2, -0.15) is 0 Å². The lowest BCUT2D eigenvalue weighted by molar-refractivity contribution is -0.143. The molecule has 2 N–H and O–H groups in total. The van der Waals surface area contributed by atoms with Crippen LogP contribution in [0.2, 0.25) is 0 Å². The highest BCUT2D eigenvalue weighted by atomic mass is 19.1. The van der Waals surface area contributed by atoms with Crippen LogP contribution in [0.4, 0.5) is 4.39 Å². The largest absolute Gasteiger partial charge is 0.480 e. The van der Waals surface area contributed by atoms with E-state index >= 15 is 0 Å². The number of hydrogen-bond acceptors (Lipinski definition) is 3. The summed E-state index contributed by atoms with van der Waals surface area (Å²) in [5, 5.41) is 12.1. The Morgan fingerprint density at radius 2 is 1.97 bits per heavy atom. The van der Waals surface area contributed by atoms with Gasteiger partial charge in [-0.3, -0.25) is 4.79 Å². The van der Waals surface area contributed by atoms with E-state index in [1.807, 2.05) is 36.6 Å². The number of pyridine rings is 1. The molecule has 0 spiro atoms. The SMILES string of the molecule is CCC(C)C(NC(=O)Cc1c(-c2ccc(F)c(C)c2)nc2ccc(C)cn12)C(=O)O. The van der Waals surface area contributed by atoms with Crippen LogP contribution in [-0.4, -0.2) is 32.4 Å². The second-order valence-electron chi connectivity index (χ2n) is 7.75. The van der Waals surface area contributed by atoms with Crippen LogP contribution in [0.5, 0.6) is 0 Å². The highest BCUT2D eigenvalue weighted by molar-refractivity contribution is 5.86. The molecule has 3 rings (SSSR count). The van der Waals surface area contributed by atoms with Crippen LogP contribution in [0.25, 0.3) is 16.9 Å². The number of aryl methyl sites for hydroxylation is 2. The Hall–Kier alpha value is -3.22. The first kappa shape index (κ1) is 21.5. The summed E-state index contributed by atoms with van der Waals surface area (Å²) >= 11 is 0. The van der Waals surface area contributed by atoms with E-state index in [1.165, 1.54) is 6.07 Å². The van der Waals surface area contributed by atoms with Crippen LogP contribution in [0, 0.1) is 25.6 Å². The van der Waals surface area contributed by atoms with Crippen molar-refractivity contribution in [1.29, 1.82) is 0 Å². The van der Waals surface area contributed by atoms with E-state index in [4.69, 9.17) is 0 Å². The lowest BCUT2D eigenvalue weighted by Crippen LogP contribution is -2.45. The monoisotopic (exact) mass is 411 g/mol. The molecule has 0 saturated carbocycles. The third kappa shape index (κ3) is 4.35. The number of rotatable bonds is 7. The van der Waals surface area contributed by atoms with Crippen molar-refractivity contribution >= 4 is 17.5 Å². The lowest BCUT2D eigenvalue weighted by Gasteiger charge is -2.20. The van der Waals surface area contributed by atoms with Gasteiger partial charge in [0, 0.05) is 11.8 Å². The standard InChI is InChI=1S/C23H26FN3O3/c1-5-14(3)21(23(29)30)26-20(28)11-18-22(16-7-8-17(24)15(4)10-16)25-19-9-6-13(2)12-27(18)19/h6-10,12,14,21H,5,11H2,1-4H3,(H,26,28)(H,29,30). The number of imidazole rings is 1. The molecule has 2 aromatic heterocycles. The topological polar surface area (TPSA) is 83.7 Å². The zero-order valence-electron chi connectivity index (χ0n) is 17.6. The van der Waals surface area contributed by atoms with E-state index in [0.717, 1.165) is 5.56 Å². The van der Waals surface area contributed by atoms with E-state index < -0.39 is 17.9 Å². The summed E-state index contributed by atoms with van der Waals surface area (Å²) in [7, 11) is 0. The van der Waals surface area contributed by atoms with Crippen molar-refractivity contribution in [3.05, 3.63) is 59.2 Å². The first-order valence-electron chi connectivity index (χ1n) is 9.97. The predicted molar refractivity (Wildman–Crippen MR) is 113 cm³/mol. The number of carboxylic acid groups (broad SMARTS) is 1. The summed E-state index contributed by atoms with van der Waals surface area (Å²) < 4.78 is 15.6. The van der Waals surface area contributed by atoms with Crippen molar-refractivity contribution < 1.29 is 19.1 Å². The van der Waals surface area contributed by atoms with Crippen LogP contribution in [0.1, 0.15) is 37.1 Å². The van der Waals surface area contributed by atoms with E-state index in [-0.39, 0.29) is 18.2 Å². The highest BCUT2D eigenvalue weighted by Gasteiger charge is 2.26. The summed E-state index contributed by atoms with van der Waals surface area (Å²) in [6.07, 6.45) is 2.47. The average Bonchev–Trinajstić information content (AvgIpc) is 3.05. The van der Waals surface area contributed by atoms with Crippen molar-refractivity contribution in [2.24, 2.45) is 5.92 Å². The number of halogens is 1. The molecule has 30 heavy (non-hydrogen) atoms. The number of aromatic nitrogens is 2. The normalized spacial score (nSPS) is 13.2. The number of carbonyl (C=O) groups is 2. The fourth-order valence-electron chi connectivity index (χ4n) is 3.45. The second kappa shape index (κ2) is 8.65. The number of amides is 1. The Kier molecular flexibility index (Phi) is 6.20. The molecule has 0 aliphatic rings.